The summed E-state index contributed by atoms with van der Waals surface area (Å²) in [4.78, 5) is 22.9. The summed E-state index contributed by atoms with van der Waals surface area (Å²) in [5.41, 5.74) is 1.08. The van der Waals surface area contributed by atoms with E-state index in [4.69, 9.17) is 5.11 Å². The van der Waals surface area contributed by atoms with E-state index in [1.807, 2.05) is 30.3 Å². The van der Waals surface area contributed by atoms with Gasteiger partial charge in [0.25, 0.3) is 0 Å². The molecule has 1 heterocycles. The van der Waals surface area contributed by atoms with Gasteiger partial charge in [-0.3, -0.25) is 4.79 Å². The van der Waals surface area contributed by atoms with Crippen LogP contribution >= 0.6 is 0 Å². The van der Waals surface area contributed by atoms with Crippen molar-refractivity contribution >= 4 is 11.9 Å². The highest BCUT2D eigenvalue weighted by molar-refractivity contribution is 5.85. The Morgan fingerprint density at radius 2 is 2.00 bits per heavy atom. The number of nitrogens with one attached hydrogen (secondary N) is 2. The predicted molar refractivity (Wildman–Crippen MR) is 70.7 cm³/mol. The number of hydrogen-bond acceptors (Lipinski definition) is 3. The number of carboxylic acids is 1. The molecule has 1 aromatic carbocycles. The summed E-state index contributed by atoms with van der Waals surface area (Å²) in [5.74, 6) is -1.23. The van der Waals surface area contributed by atoms with Gasteiger partial charge in [-0.05, 0) is 18.4 Å². The molecule has 0 spiro atoms. The Morgan fingerprint density at radius 3 is 2.53 bits per heavy atom. The van der Waals surface area contributed by atoms with Crippen molar-refractivity contribution in [3.8, 4) is 0 Å². The summed E-state index contributed by atoms with van der Waals surface area (Å²) < 4.78 is 0. The molecule has 0 radical (unpaired) electrons. The Bertz CT molecular complexity index is 443. The first-order chi connectivity index (χ1) is 9.16. The highest BCUT2D eigenvalue weighted by atomic mass is 16.4. The van der Waals surface area contributed by atoms with Crippen LogP contribution in [-0.4, -0.2) is 36.1 Å². The van der Waals surface area contributed by atoms with Crippen LogP contribution in [0.2, 0.25) is 0 Å². The van der Waals surface area contributed by atoms with Crippen molar-refractivity contribution in [3.63, 3.8) is 0 Å². The number of aliphatic carboxylic acids is 1. The molecule has 1 saturated heterocycles. The SMILES string of the molecule is O=C(N[C@@H](CCc1ccccc1)C(=O)O)C1CNC1. The van der Waals surface area contributed by atoms with E-state index in [9.17, 15) is 9.59 Å². The number of aryl methyl sites for hydroxylation is 1. The molecule has 0 unspecified atom stereocenters. The molecule has 1 fully saturated rings. The van der Waals surface area contributed by atoms with Gasteiger partial charge in [0, 0.05) is 13.1 Å². The van der Waals surface area contributed by atoms with Gasteiger partial charge in [-0.2, -0.15) is 0 Å². The molecule has 1 aromatic rings. The molecular formula is C14H18N2O3. The molecule has 0 aliphatic carbocycles. The predicted octanol–water partition coefficient (Wildman–Crippen LogP) is 0.408. The van der Waals surface area contributed by atoms with Gasteiger partial charge >= 0.3 is 5.97 Å². The lowest BCUT2D eigenvalue weighted by molar-refractivity contribution is -0.143. The van der Waals surface area contributed by atoms with Crippen molar-refractivity contribution < 1.29 is 14.7 Å². The van der Waals surface area contributed by atoms with Crippen LogP contribution in [-0.2, 0) is 16.0 Å². The Balaban J connectivity index is 1.85. The molecule has 1 aliphatic rings. The number of rotatable bonds is 6. The minimum atomic E-state index is -0.975. The molecule has 102 valence electrons. The third kappa shape index (κ3) is 3.79. The minimum Gasteiger partial charge on any atom is -0.480 e. The van der Waals surface area contributed by atoms with Gasteiger partial charge in [0.2, 0.25) is 5.91 Å². The topological polar surface area (TPSA) is 78.4 Å². The largest absolute Gasteiger partial charge is 0.480 e. The lowest BCUT2D eigenvalue weighted by Crippen LogP contribution is -2.54. The van der Waals surface area contributed by atoms with Crippen molar-refractivity contribution in [1.29, 1.82) is 0 Å². The van der Waals surface area contributed by atoms with Gasteiger partial charge in [-0.15, -0.1) is 0 Å². The quantitative estimate of drug-likeness (QED) is 0.694. The first-order valence-corrected chi connectivity index (χ1v) is 6.44. The van der Waals surface area contributed by atoms with Gasteiger partial charge in [0.1, 0.15) is 6.04 Å². The third-order valence-electron chi connectivity index (χ3n) is 3.33. The fraction of sp³-hybridized carbons (Fsp3) is 0.429. The summed E-state index contributed by atoms with van der Waals surface area (Å²) >= 11 is 0. The van der Waals surface area contributed by atoms with Crippen molar-refractivity contribution in [3.05, 3.63) is 35.9 Å². The maximum absolute atomic E-state index is 11.7. The van der Waals surface area contributed by atoms with Crippen LogP contribution in [0.3, 0.4) is 0 Å². The van der Waals surface area contributed by atoms with Crippen LogP contribution in [0.5, 0.6) is 0 Å². The van der Waals surface area contributed by atoms with Gasteiger partial charge in [-0.1, -0.05) is 30.3 Å². The van der Waals surface area contributed by atoms with E-state index >= 15 is 0 Å². The second-order valence-electron chi connectivity index (χ2n) is 4.78. The normalized spacial score (nSPS) is 16.4. The molecule has 2 rings (SSSR count). The molecule has 1 aliphatic heterocycles. The standard InChI is InChI=1S/C14H18N2O3/c17-13(11-8-15-9-11)16-12(14(18)19)7-6-10-4-2-1-3-5-10/h1-5,11-12,15H,6-9H2,(H,16,17)(H,18,19)/t12-/m0/s1. The summed E-state index contributed by atoms with van der Waals surface area (Å²) in [7, 11) is 0. The van der Waals surface area contributed by atoms with Crippen LogP contribution in [0.15, 0.2) is 30.3 Å². The van der Waals surface area contributed by atoms with Crippen molar-refractivity contribution in [2.75, 3.05) is 13.1 Å². The maximum Gasteiger partial charge on any atom is 0.326 e. The summed E-state index contributed by atoms with van der Waals surface area (Å²) in [5, 5.41) is 14.7. The van der Waals surface area contributed by atoms with Crippen molar-refractivity contribution in [2.45, 2.75) is 18.9 Å². The molecular weight excluding hydrogens is 244 g/mol. The fourth-order valence-corrected chi connectivity index (χ4v) is 1.98. The Hall–Kier alpha value is -1.88. The van der Waals surface area contributed by atoms with E-state index in [0.29, 0.717) is 25.9 Å². The summed E-state index contributed by atoms with van der Waals surface area (Å²) in [6.07, 6.45) is 1.05. The molecule has 5 heteroatoms. The zero-order chi connectivity index (χ0) is 13.7. The van der Waals surface area contributed by atoms with Gasteiger partial charge in [0.15, 0.2) is 0 Å². The van der Waals surface area contributed by atoms with Crippen LogP contribution in [0, 0.1) is 5.92 Å². The fourth-order valence-electron chi connectivity index (χ4n) is 1.98. The minimum absolute atomic E-state index is 0.0847. The number of carboxylic acid groups (broad SMARTS) is 1. The lowest BCUT2D eigenvalue weighted by Gasteiger charge is -2.27. The molecule has 1 atom stereocenters. The van der Waals surface area contributed by atoms with E-state index in [2.05, 4.69) is 10.6 Å². The van der Waals surface area contributed by atoms with Crippen LogP contribution in [0.1, 0.15) is 12.0 Å². The lowest BCUT2D eigenvalue weighted by atomic mass is 10.0. The Kier molecular flexibility index (Phi) is 4.52. The third-order valence-corrected chi connectivity index (χ3v) is 3.33. The number of carbonyl (C=O) groups is 2. The van der Waals surface area contributed by atoms with Crippen molar-refractivity contribution in [1.82, 2.24) is 10.6 Å². The summed E-state index contributed by atoms with van der Waals surface area (Å²) in [6, 6.07) is 8.86. The zero-order valence-corrected chi connectivity index (χ0v) is 10.6. The van der Waals surface area contributed by atoms with E-state index in [1.54, 1.807) is 0 Å². The smallest absolute Gasteiger partial charge is 0.326 e. The Morgan fingerprint density at radius 1 is 1.32 bits per heavy atom. The second-order valence-corrected chi connectivity index (χ2v) is 4.78. The molecule has 5 nitrogen and oxygen atoms in total. The number of benzene rings is 1. The van der Waals surface area contributed by atoms with Crippen molar-refractivity contribution in [2.24, 2.45) is 5.92 Å². The van der Waals surface area contributed by atoms with E-state index in [-0.39, 0.29) is 11.8 Å². The highest BCUT2D eigenvalue weighted by Gasteiger charge is 2.28. The van der Waals surface area contributed by atoms with Crippen LogP contribution < -0.4 is 10.6 Å². The van der Waals surface area contributed by atoms with Gasteiger partial charge in [0.05, 0.1) is 5.92 Å². The average molecular weight is 262 g/mol. The molecule has 19 heavy (non-hydrogen) atoms. The number of carbonyl (C=O) groups excluding carboxylic acids is 1. The van der Waals surface area contributed by atoms with E-state index in [0.717, 1.165) is 5.56 Å². The molecule has 0 saturated carbocycles. The zero-order valence-electron chi connectivity index (χ0n) is 10.6. The second kappa shape index (κ2) is 6.33. The first kappa shape index (κ1) is 13.5. The first-order valence-electron chi connectivity index (χ1n) is 6.44. The molecule has 1 amide bonds. The maximum atomic E-state index is 11.7. The molecule has 3 N–H and O–H groups in total. The van der Waals surface area contributed by atoms with E-state index < -0.39 is 12.0 Å². The molecule has 0 aromatic heterocycles. The average Bonchev–Trinajstić information content (AvgIpc) is 2.33. The monoisotopic (exact) mass is 262 g/mol. The number of hydrogen-bond donors (Lipinski definition) is 3. The van der Waals surface area contributed by atoms with Crippen LogP contribution in [0.25, 0.3) is 0 Å². The van der Waals surface area contributed by atoms with Gasteiger partial charge in [-0.25, -0.2) is 4.79 Å². The van der Waals surface area contributed by atoms with Crippen LogP contribution in [0.4, 0.5) is 0 Å². The highest BCUT2D eigenvalue weighted by Crippen LogP contribution is 2.08. The van der Waals surface area contributed by atoms with E-state index in [1.165, 1.54) is 0 Å². The molecule has 0 bridgehead atoms. The summed E-state index contributed by atoms with van der Waals surface area (Å²) in [6.45, 7) is 1.27. The number of amides is 1. The van der Waals surface area contributed by atoms with Gasteiger partial charge < -0.3 is 15.7 Å². The Labute approximate surface area is 112 Å².